The molecule has 1 aromatic heterocycles. The predicted molar refractivity (Wildman–Crippen MR) is 130 cm³/mol. The number of hydrogen-bond donors (Lipinski definition) is 1. The summed E-state index contributed by atoms with van der Waals surface area (Å²) in [5.74, 6) is 0.464. The van der Waals surface area contributed by atoms with Gasteiger partial charge in [-0.2, -0.15) is 4.31 Å². The number of nitrogens with zero attached hydrogens (tertiary/aromatic N) is 2. The number of sulfonamides is 1. The molecule has 1 amide bonds. The van der Waals surface area contributed by atoms with Crippen molar-refractivity contribution in [3.63, 3.8) is 0 Å². The molecule has 0 radical (unpaired) electrons. The molecule has 0 bridgehead atoms. The summed E-state index contributed by atoms with van der Waals surface area (Å²) in [6, 6.07) is 14.4. The van der Waals surface area contributed by atoms with Crippen molar-refractivity contribution in [1.82, 2.24) is 14.6 Å². The second-order valence-corrected chi connectivity index (χ2v) is 11.5. The Hall–Kier alpha value is -2.20. The molecule has 0 aliphatic carbocycles. The van der Waals surface area contributed by atoms with Crippen molar-refractivity contribution in [2.45, 2.75) is 31.2 Å². The zero-order valence-corrected chi connectivity index (χ0v) is 20.4. The van der Waals surface area contributed by atoms with Crippen LogP contribution in [-0.2, 0) is 21.2 Å². The number of aryl methyl sites for hydroxylation is 2. The molecule has 0 saturated carbocycles. The van der Waals surface area contributed by atoms with Gasteiger partial charge in [-0.3, -0.25) is 4.79 Å². The summed E-state index contributed by atoms with van der Waals surface area (Å²) in [5, 5.41) is 5.85. The molecular formula is C23H25N3O3S3. The molecule has 2 aromatic carbocycles. The first kappa shape index (κ1) is 23.0. The molecular weight excluding hydrogens is 462 g/mol. The summed E-state index contributed by atoms with van der Waals surface area (Å²) in [6.07, 6.45) is 0.596. The average Bonchev–Trinajstić information content (AvgIpc) is 3.46. The van der Waals surface area contributed by atoms with Gasteiger partial charge in [0.2, 0.25) is 15.9 Å². The number of aromatic nitrogens is 1. The van der Waals surface area contributed by atoms with Crippen molar-refractivity contribution in [3.05, 3.63) is 70.7 Å². The molecule has 1 aliphatic rings. The molecule has 6 nitrogen and oxygen atoms in total. The molecule has 1 fully saturated rings. The average molecular weight is 488 g/mol. The summed E-state index contributed by atoms with van der Waals surface area (Å²) in [4.78, 5) is 17.7. The van der Waals surface area contributed by atoms with E-state index in [1.807, 2.05) is 49.6 Å². The van der Waals surface area contributed by atoms with E-state index < -0.39 is 16.1 Å². The summed E-state index contributed by atoms with van der Waals surface area (Å²) >= 11 is 3.03. The molecule has 168 valence electrons. The van der Waals surface area contributed by atoms with Gasteiger partial charge in [0.15, 0.2) is 0 Å². The van der Waals surface area contributed by atoms with E-state index in [2.05, 4.69) is 10.3 Å². The Morgan fingerprint density at radius 1 is 1.16 bits per heavy atom. The van der Waals surface area contributed by atoms with Gasteiger partial charge in [-0.05, 0) is 37.1 Å². The highest BCUT2D eigenvalue weighted by molar-refractivity contribution is 8.00. The summed E-state index contributed by atoms with van der Waals surface area (Å²) in [7, 11) is -3.74. The molecule has 1 aliphatic heterocycles. The van der Waals surface area contributed by atoms with Crippen LogP contribution < -0.4 is 5.32 Å². The highest BCUT2D eigenvalue weighted by Gasteiger charge is 2.40. The maximum atomic E-state index is 13.2. The number of thiazole rings is 1. The smallest absolute Gasteiger partial charge is 0.244 e. The van der Waals surface area contributed by atoms with Crippen LogP contribution in [0.3, 0.4) is 0 Å². The van der Waals surface area contributed by atoms with E-state index in [4.69, 9.17) is 0 Å². The third-order valence-electron chi connectivity index (χ3n) is 5.48. The minimum atomic E-state index is -3.74. The second-order valence-electron chi connectivity index (χ2n) is 7.70. The summed E-state index contributed by atoms with van der Waals surface area (Å²) in [6.45, 7) is 4.24. The summed E-state index contributed by atoms with van der Waals surface area (Å²) in [5.41, 5.74) is 3.93. The van der Waals surface area contributed by atoms with Crippen LogP contribution in [0.15, 0.2) is 58.8 Å². The number of nitrogens with one attached hydrogen (secondary N) is 1. The van der Waals surface area contributed by atoms with E-state index in [0.29, 0.717) is 18.7 Å². The van der Waals surface area contributed by atoms with Crippen molar-refractivity contribution >= 4 is 39.0 Å². The van der Waals surface area contributed by atoms with Crippen molar-refractivity contribution < 1.29 is 13.2 Å². The molecule has 1 atom stereocenters. The van der Waals surface area contributed by atoms with E-state index in [-0.39, 0.29) is 16.7 Å². The Balaban J connectivity index is 1.38. The van der Waals surface area contributed by atoms with Gasteiger partial charge in [0.1, 0.15) is 11.0 Å². The van der Waals surface area contributed by atoms with Crippen LogP contribution in [0, 0.1) is 13.8 Å². The Morgan fingerprint density at radius 3 is 2.69 bits per heavy atom. The van der Waals surface area contributed by atoms with E-state index in [1.165, 1.54) is 16.1 Å². The Labute approximate surface area is 197 Å². The van der Waals surface area contributed by atoms with Crippen molar-refractivity contribution in [2.24, 2.45) is 0 Å². The fraction of sp³-hybridized carbons (Fsp3) is 0.304. The maximum Gasteiger partial charge on any atom is 0.244 e. The standard InChI is InChI=1S/C23H25N3O3S3/c1-16-8-9-20(12-17(16)2)32(28,29)26-15-30-14-21(26)22(27)24-11-10-19-13-31-23(25-19)18-6-4-3-5-7-18/h3-9,12-13,21H,10-11,14-15H2,1-2H3,(H,24,27)/t21-/m1/s1. The largest absolute Gasteiger partial charge is 0.354 e. The summed E-state index contributed by atoms with van der Waals surface area (Å²) < 4.78 is 27.7. The van der Waals surface area contributed by atoms with Crippen LogP contribution in [0.4, 0.5) is 0 Å². The number of amides is 1. The van der Waals surface area contributed by atoms with Gasteiger partial charge in [-0.15, -0.1) is 23.1 Å². The lowest BCUT2D eigenvalue weighted by Crippen LogP contribution is -2.47. The zero-order valence-electron chi connectivity index (χ0n) is 17.9. The number of rotatable bonds is 7. The lowest BCUT2D eigenvalue weighted by atomic mass is 10.1. The van der Waals surface area contributed by atoms with Gasteiger partial charge in [-0.25, -0.2) is 13.4 Å². The predicted octanol–water partition coefficient (Wildman–Crippen LogP) is 3.85. The van der Waals surface area contributed by atoms with Crippen molar-refractivity contribution in [1.29, 1.82) is 0 Å². The number of benzene rings is 2. The fourth-order valence-corrected chi connectivity index (χ4v) is 7.54. The van der Waals surface area contributed by atoms with Gasteiger partial charge in [0, 0.05) is 29.7 Å². The fourth-order valence-electron chi connectivity index (χ4n) is 3.45. The lowest BCUT2D eigenvalue weighted by molar-refractivity contribution is -0.123. The molecule has 1 saturated heterocycles. The minimum absolute atomic E-state index is 0.233. The Bertz CT molecular complexity index is 1210. The third-order valence-corrected chi connectivity index (χ3v) is 9.45. The van der Waals surface area contributed by atoms with E-state index in [1.54, 1.807) is 29.5 Å². The first-order valence-corrected chi connectivity index (χ1v) is 13.8. The first-order valence-electron chi connectivity index (χ1n) is 10.3. The zero-order chi connectivity index (χ0) is 22.7. The highest BCUT2D eigenvalue weighted by atomic mass is 32.2. The molecule has 0 spiro atoms. The normalized spacial score (nSPS) is 16.9. The second kappa shape index (κ2) is 9.74. The van der Waals surface area contributed by atoms with Gasteiger partial charge in [-0.1, -0.05) is 36.4 Å². The van der Waals surface area contributed by atoms with Crippen molar-refractivity contribution in [2.75, 3.05) is 18.2 Å². The van der Waals surface area contributed by atoms with Crippen molar-refractivity contribution in [3.8, 4) is 10.6 Å². The number of carbonyl (C=O) groups is 1. The Kier molecular flexibility index (Phi) is 6.99. The van der Waals surface area contributed by atoms with Crippen LogP contribution >= 0.6 is 23.1 Å². The molecule has 3 aromatic rings. The quantitative estimate of drug-likeness (QED) is 0.548. The van der Waals surface area contributed by atoms with Gasteiger partial charge < -0.3 is 5.32 Å². The maximum absolute atomic E-state index is 13.2. The number of hydrogen-bond acceptors (Lipinski definition) is 6. The molecule has 4 rings (SSSR count). The first-order chi connectivity index (χ1) is 15.4. The molecule has 1 N–H and O–H groups in total. The number of thioether (sulfide) groups is 1. The SMILES string of the molecule is Cc1ccc(S(=O)(=O)N2CSC[C@@H]2C(=O)NCCc2csc(-c3ccccc3)n2)cc1C. The van der Waals surface area contributed by atoms with Crippen LogP contribution in [0.5, 0.6) is 0 Å². The van der Waals surface area contributed by atoms with Crippen LogP contribution in [0.1, 0.15) is 16.8 Å². The third kappa shape index (κ3) is 4.91. The molecule has 32 heavy (non-hydrogen) atoms. The van der Waals surface area contributed by atoms with Crippen LogP contribution in [0.2, 0.25) is 0 Å². The minimum Gasteiger partial charge on any atom is -0.354 e. The number of carbonyl (C=O) groups excluding carboxylic acids is 1. The van der Waals surface area contributed by atoms with Crippen LogP contribution in [0.25, 0.3) is 10.6 Å². The molecule has 2 heterocycles. The van der Waals surface area contributed by atoms with Gasteiger partial charge in [0.25, 0.3) is 0 Å². The van der Waals surface area contributed by atoms with E-state index in [9.17, 15) is 13.2 Å². The molecule has 9 heteroatoms. The monoisotopic (exact) mass is 487 g/mol. The van der Waals surface area contributed by atoms with E-state index >= 15 is 0 Å². The lowest BCUT2D eigenvalue weighted by Gasteiger charge is -2.23. The highest BCUT2D eigenvalue weighted by Crippen LogP contribution is 2.29. The Morgan fingerprint density at radius 2 is 1.94 bits per heavy atom. The topological polar surface area (TPSA) is 79.4 Å². The van der Waals surface area contributed by atoms with Crippen LogP contribution in [-0.4, -0.2) is 47.8 Å². The van der Waals surface area contributed by atoms with Gasteiger partial charge >= 0.3 is 0 Å². The molecule has 0 unspecified atom stereocenters. The van der Waals surface area contributed by atoms with E-state index in [0.717, 1.165) is 27.4 Å². The van der Waals surface area contributed by atoms with Gasteiger partial charge in [0.05, 0.1) is 16.5 Å².